The van der Waals surface area contributed by atoms with Crippen LogP contribution in [0.3, 0.4) is 0 Å². The molecule has 0 bridgehead atoms. The van der Waals surface area contributed by atoms with Crippen LogP contribution in [0, 0.1) is 12.8 Å². The zero-order chi connectivity index (χ0) is 12.3. The fraction of sp³-hybridized carbons (Fsp3) is 0.308. The molecule has 1 fully saturated rings. The van der Waals surface area contributed by atoms with Gasteiger partial charge in [-0.05, 0) is 43.4 Å². The number of allylic oxidation sites excluding steroid dienone is 1. The Morgan fingerprint density at radius 2 is 2.24 bits per heavy atom. The van der Waals surface area contributed by atoms with Gasteiger partial charge >= 0.3 is 6.03 Å². The number of nitrogens with two attached hydrogens (primary N) is 1. The quantitative estimate of drug-likeness (QED) is 0.700. The molecular formula is C13H17N3O. The van der Waals surface area contributed by atoms with Crippen molar-refractivity contribution < 1.29 is 4.79 Å². The van der Waals surface area contributed by atoms with Crippen LogP contribution < -0.4 is 16.4 Å². The molecule has 2 rings (SSSR count). The maximum atomic E-state index is 11.5. The van der Waals surface area contributed by atoms with Crippen LogP contribution in [0.25, 0.3) is 0 Å². The lowest BCUT2D eigenvalue weighted by Crippen LogP contribution is -2.24. The van der Waals surface area contributed by atoms with E-state index in [-0.39, 0.29) is 6.03 Å². The molecule has 1 saturated carbocycles. The molecular weight excluding hydrogens is 214 g/mol. The van der Waals surface area contributed by atoms with Gasteiger partial charge in [0.25, 0.3) is 0 Å². The number of urea groups is 1. The van der Waals surface area contributed by atoms with Crippen molar-refractivity contribution in [1.82, 2.24) is 5.32 Å². The highest BCUT2D eigenvalue weighted by Crippen LogP contribution is 2.29. The molecule has 4 heteroatoms. The fourth-order valence-electron chi connectivity index (χ4n) is 1.50. The van der Waals surface area contributed by atoms with Crippen LogP contribution in [0.2, 0.25) is 0 Å². The van der Waals surface area contributed by atoms with E-state index in [4.69, 9.17) is 5.73 Å². The number of anilines is 2. The second-order valence-corrected chi connectivity index (χ2v) is 4.39. The first-order valence-corrected chi connectivity index (χ1v) is 5.75. The number of carbonyl (C=O) groups excluding carboxylic acids is 1. The summed E-state index contributed by atoms with van der Waals surface area (Å²) in [5.74, 6) is 0.653. The van der Waals surface area contributed by atoms with Gasteiger partial charge in [0.2, 0.25) is 0 Å². The Hall–Kier alpha value is -1.97. The topological polar surface area (TPSA) is 67.2 Å². The Morgan fingerprint density at radius 1 is 1.47 bits per heavy atom. The number of hydrogen-bond donors (Lipinski definition) is 3. The van der Waals surface area contributed by atoms with Gasteiger partial charge in [-0.2, -0.15) is 0 Å². The first-order chi connectivity index (χ1) is 8.15. The SMILES string of the molecule is Cc1ccc(NC(=O)N/C=C/C2CC2)c(N)c1. The first kappa shape index (κ1) is 11.5. The number of aryl methyl sites for hydroxylation is 1. The minimum atomic E-state index is -0.266. The van der Waals surface area contributed by atoms with Gasteiger partial charge in [0.15, 0.2) is 0 Å². The van der Waals surface area contributed by atoms with Gasteiger partial charge in [-0.15, -0.1) is 0 Å². The van der Waals surface area contributed by atoms with Crippen molar-refractivity contribution in [3.63, 3.8) is 0 Å². The summed E-state index contributed by atoms with van der Waals surface area (Å²) in [6.07, 6.45) is 6.16. The number of amides is 2. The molecule has 1 aromatic carbocycles. The standard InChI is InChI=1S/C13H17N3O/c1-9-2-5-12(11(14)8-9)16-13(17)15-7-6-10-3-4-10/h2,5-8,10H,3-4,14H2,1H3,(H2,15,16,17)/b7-6+. The molecule has 90 valence electrons. The van der Waals surface area contributed by atoms with E-state index < -0.39 is 0 Å². The summed E-state index contributed by atoms with van der Waals surface area (Å²) in [5.41, 5.74) is 8.08. The largest absolute Gasteiger partial charge is 0.397 e. The molecule has 0 radical (unpaired) electrons. The van der Waals surface area contributed by atoms with Gasteiger partial charge < -0.3 is 16.4 Å². The minimum absolute atomic E-state index is 0.266. The van der Waals surface area contributed by atoms with Gasteiger partial charge in [0, 0.05) is 6.20 Å². The highest BCUT2D eigenvalue weighted by Gasteiger charge is 2.17. The molecule has 0 aliphatic heterocycles. The van der Waals surface area contributed by atoms with Crippen molar-refractivity contribution in [2.75, 3.05) is 11.1 Å². The second-order valence-electron chi connectivity index (χ2n) is 4.39. The maximum absolute atomic E-state index is 11.5. The van der Waals surface area contributed by atoms with E-state index in [1.54, 1.807) is 12.3 Å². The van der Waals surface area contributed by atoms with Crippen molar-refractivity contribution >= 4 is 17.4 Å². The van der Waals surface area contributed by atoms with E-state index in [1.807, 2.05) is 25.1 Å². The third-order valence-corrected chi connectivity index (χ3v) is 2.66. The summed E-state index contributed by atoms with van der Waals surface area (Å²) in [6, 6.07) is 5.27. The van der Waals surface area contributed by atoms with Crippen LogP contribution >= 0.6 is 0 Å². The predicted molar refractivity (Wildman–Crippen MR) is 69.6 cm³/mol. The van der Waals surface area contributed by atoms with Crippen molar-refractivity contribution in [1.29, 1.82) is 0 Å². The lowest BCUT2D eigenvalue weighted by molar-refractivity contribution is 0.255. The van der Waals surface area contributed by atoms with E-state index in [2.05, 4.69) is 10.6 Å². The Balaban J connectivity index is 1.88. The Morgan fingerprint density at radius 3 is 2.88 bits per heavy atom. The van der Waals surface area contributed by atoms with Gasteiger partial charge in [-0.1, -0.05) is 12.1 Å². The van der Waals surface area contributed by atoms with Crippen molar-refractivity contribution in [2.45, 2.75) is 19.8 Å². The Bertz CT molecular complexity index is 450. The number of hydrogen-bond acceptors (Lipinski definition) is 2. The van der Waals surface area contributed by atoms with Gasteiger partial charge in [0.1, 0.15) is 0 Å². The van der Waals surface area contributed by atoms with Crippen LogP contribution in [0.4, 0.5) is 16.2 Å². The highest BCUT2D eigenvalue weighted by molar-refractivity contribution is 5.93. The molecule has 17 heavy (non-hydrogen) atoms. The van der Waals surface area contributed by atoms with Crippen LogP contribution in [-0.2, 0) is 0 Å². The van der Waals surface area contributed by atoms with Gasteiger partial charge in [0.05, 0.1) is 11.4 Å². The van der Waals surface area contributed by atoms with Gasteiger partial charge in [-0.3, -0.25) is 0 Å². The molecule has 1 aliphatic rings. The number of nitrogens with one attached hydrogen (secondary N) is 2. The zero-order valence-electron chi connectivity index (χ0n) is 9.86. The van der Waals surface area contributed by atoms with Crippen LogP contribution in [0.5, 0.6) is 0 Å². The smallest absolute Gasteiger partial charge is 0.323 e. The average molecular weight is 231 g/mol. The first-order valence-electron chi connectivity index (χ1n) is 5.75. The molecule has 4 nitrogen and oxygen atoms in total. The summed E-state index contributed by atoms with van der Waals surface area (Å²) >= 11 is 0. The molecule has 0 aromatic heterocycles. The summed E-state index contributed by atoms with van der Waals surface area (Å²) in [7, 11) is 0. The van der Waals surface area contributed by atoms with Crippen molar-refractivity contribution in [3.8, 4) is 0 Å². The summed E-state index contributed by atoms with van der Waals surface area (Å²) in [6.45, 7) is 1.96. The molecule has 0 unspecified atom stereocenters. The van der Waals surface area contributed by atoms with E-state index in [0.29, 0.717) is 17.3 Å². The van der Waals surface area contributed by atoms with E-state index >= 15 is 0 Å². The lowest BCUT2D eigenvalue weighted by Gasteiger charge is -2.08. The zero-order valence-corrected chi connectivity index (χ0v) is 9.86. The molecule has 0 spiro atoms. The van der Waals surface area contributed by atoms with Gasteiger partial charge in [-0.25, -0.2) is 4.79 Å². The van der Waals surface area contributed by atoms with Crippen LogP contribution in [0.1, 0.15) is 18.4 Å². The summed E-state index contributed by atoms with van der Waals surface area (Å²) in [5, 5.41) is 5.36. The van der Waals surface area contributed by atoms with Crippen molar-refractivity contribution in [3.05, 3.63) is 36.0 Å². The Kier molecular flexibility index (Phi) is 3.32. The second kappa shape index (κ2) is 4.91. The normalized spacial score (nSPS) is 14.9. The molecule has 0 heterocycles. The van der Waals surface area contributed by atoms with E-state index in [1.165, 1.54) is 12.8 Å². The monoisotopic (exact) mass is 231 g/mol. The number of rotatable bonds is 3. The lowest BCUT2D eigenvalue weighted by atomic mass is 10.2. The average Bonchev–Trinajstić information content (AvgIpc) is 3.06. The summed E-state index contributed by atoms with van der Waals surface area (Å²) < 4.78 is 0. The Labute approximate surface area is 101 Å². The van der Waals surface area contributed by atoms with E-state index in [9.17, 15) is 4.79 Å². The van der Waals surface area contributed by atoms with Crippen molar-refractivity contribution in [2.24, 2.45) is 5.92 Å². The van der Waals surface area contributed by atoms with Crippen LogP contribution in [-0.4, -0.2) is 6.03 Å². The number of nitrogen functional groups attached to an aromatic ring is 1. The molecule has 1 aromatic rings. The third-order valence-electron chi connectivity index (χ3n) is 2.66. The molecule has 4 N–H and O–H groups in total. The third kappa shape index (κ3) is 3.52. The molecule has 1 aliphatic carbocycles. The van der Waals surface area contributed by atoms with Crippen LogP contribution in [0.15, 0.2) is 30.5 Å². The highest BCUT2D eigenvalue weighted by atomic mass is 16.2. The molecule has 0 atom stereocenters. The maximum Gasteiger partial charge on any atom is 0.323 e. The predicted octanol–water partition coefficient (Wildman–Crippen LogP) is 2.62. The number of carbonyl (C=O) groups is 1. The fourth-order valence-corrected chi connectivity index (χ4v) is 1.50. The molecule has 0 saturated heterocycles. The molecule has 2 amide bonds. The minimum Gasteiger partial charge on any atom is -0.397 e. The number of benzene rings is 1. The van der Waals surface area contributed by atoms with E-state index in [0.717, 1.165) is 5.56 Å². The summed E-state index contributed by atoms with van der Waals surface area (Å²) in [4.78, 5) is 11.5.